The van der Waals surface area contributed by atoms with Crippen LogP contribution in [-0.2, 0) is 9.59 Å². The molecule has 0 aliphatic carbocycles. The highest BCUT2D eigenvalue weighted by molar-refractivity contribution is 5.96. The summed E-state index contributed by atoms with van der Waals surface area (Å²) in [4.78, 5) is 39.9. The Labute approximate surface area is 141 Å². The summed E-state index contributed by atoms with van der Waals surface area (Å²) >= 11 is 0. The summed E-state index contributed by atoms with van der Waals surface area (Å²) in [5.41, 5.74) is 2.77. The fraction of sp³-hybridized carbons (Fsp3) is 0.500. The van der Waals surface area contributed by atoms with Crippen LogP contribution in [0.3, 0.4) is 0 Å². The zero-order valence-electron chi connectivity index (χ0n) is 14.2. The summed E-state index contributed by atoms with van der Waals surface area (Å²) in [6, 6.07) is 5.49. The molecule has 1 aromatic rings. The van der Waals surface area contributed by atoms with Gasteiger partial charge < -0.3 is 15.1 Å². The smallest absolute Gasteiger partial charge is 0.254 e. The first-order valence-corrected chi connectivity index (χ1v) is 8.40. The molecular formula is C18H23N3O3. The number of hydrogen-bond acceptors (Lipinski definition) is 3. The third-order valence-electron chi connectivity index (χ3n) is 4.80. The minimum Gasteiger partial charge on any atom is -0.344 e. The molecule has 0 bridgehead atoms. The van der Waals surface area contributed by atoms with Crippen LogP contribution < -0.4 is 5.32 Å². The highest BCUT2D eigenvalue weighted by Crippen LogP contribution is 2.16. The van der Waals surface area contributed by atoms with Gasteiger partial charge in [0.1, 0.15) is 6.04 Å². The third kappa shape index (κ3) is 3.27. The molecule has 6 nitrogen and oxygen atoms in total. The Balaban J connectivity index is 1.60. The lowest BCUT2D eigenvalue weighted by molar-refractivity contribution is -0.135. The van der Waals surface area contributed by atoms with Crippen LogP contribution in [0.5, 0.6) is 0 Å². The molecule has 3 amide bonds. The minimum absolute atomic E-state index is 0.0254. The molecule has 2 heterocycles. The number of carbonyl (C=O) groups excluding carboxylic acids is 3. The third-order valence-corrected chi connectivity index (χ3v) is 4.80. The van der Waals surface area contributed by atoms with Gasteiger partial charge in [-0.05, 0) is 31.9 Å². The van der Waals surface area contributed by atoms with Crippen molar-refractivity contribution < 1.29 is 14.4 Å². The highest BCUT2D eigenvalue weighted by atomic mass is 16.2. The van der Waals surface area contributed by atoms with Crippen molar-refractivity contribution in [3.8, 4) is 0 Å². The van der Waals surface area contributed by atoms with Crippen LogP contribution in [0.1, 0.15) is 34.3 Å². The molecule has 2 fully saturated rings. The number of benzene rings is 1. The number of hydrogen-bond donors (Lipinski definition) is 1. The van der Waals surface area contributed by atoms with Gasteiger partial charge in [-0.1, -0.05) is 17.7 Å². The van der Waals surface area contributed by atoms with E-state index in [0.29, 0.717) is 39.0 Å². The first-order valence-electron chi connectivity index (χ1n) is 8.40. The van der Waals surface area contributed by atoms with Gasteiger partial charge in [0.2, 0.25) is 11.8 Å². The molecule has 2 aliphatic rings. The normalized spacial score (nSPS) is 20.9. The van der Waals surface area contributed by atoms with Crippen LogP contribution in [0.15, 0.2) is 18.2 Å². The van der Waals surface area contributed by atoms with Gasteiger partial charge in [-0.2, -0.15) is 0 Å². The lowest BCUT2D eigenvalue weighted by Gasteiger charge is -2.36. The second-order valence-electron chi connectivity index (χ2n) is 6.59. The van der Waals surface area contributed by atoms with Crippen LogP contribution >= 0.6 is 0 Å². The maximum atomic E-state index is 12.7. The second kappa shape index (κ2) is 6.63. The summed E-state index contributed by atoms with van der Waals surface area (Å²) in [6.07, 6.45) is 0.987. The molecular weight excluding hydrogens is 306 g/mol. The summed E-state index contributed by atoms with van der Waals surface area (Å²) in [5, 5.41) is 2.71. The van der Waals surface area contributed by atoms with Crippen molar-refractivity contribution in [3.63, 3.8) is 0 Å². The number of nitrogens with zero attached hydrogens (tertiary/aromatic N) is 2. The Kier molecular flexibility index (Phi) is 4.55. The van der Waals surface area contributed by atoms with Gasteiger partial charge in [-0.15, -0.1) is 0 Å². The van der Waals surface area contributed by atoms with E-state index in [2.05, 4.69) is 5.32 Å². The predicted octanol–water partition coefficient (Wildman–Crippen LogP) is 0.866. The van der Waals surface area contributed by atoms with Crippen LogP contribution in [-0.4, -0.2) is 59.7 Å². The maximum Gasteiger partial charge on any atom is 0.254 e. The number of nitrogens with one attached hydrogen (secondary N) is 1. The number of rotatable bonds is 2. The monoisotopic (exact) mass is 329 g/mol. The minimum atomic E-state index is -0.390. The molecule has 0 radical (unpaired) electrons. The van der Waals surface area contributed by atoms with Crippen molar-refractivity contribution in [2.24, 2.45) is 0 Å². The Morgan fingerprint density at radius 3 is 2.38 bits per heavy atom. The zero-order chi connectivity index (χ0) is 17.3. The zero-order valence-corrected chi connectivity index (χ0v) is 14.2. The van der Waals surface area contributed by atoms with Crippen LogP contribution in [0.2, 0.25) is 0 Å². The van der Waals surface area contributed by atoms with Gasteiger partial charge in [0.15, 0.2) is 0 Å². The van der Waals surface area contributed by atoms with Crippen molar-refractivity contribution in [3.05, 3.63) is 34.9 Å². The maximum absolute atomic E-state index is 12.7. The molecule has 1 unspecified atom stereocenters. The predicted molar refractivity (Wildman–Crippen MR) is 89.6 cm³/mol. The molecule has 2 aliphatic heterocycles. The van der Waals surface area contributed by atoms with Crippen molar-refractivity contribution in [1.29, 1.82) is 0 Å². The summed E-state index contributed by atoms with van der Waals surface area (Å²) in [7, 11) is 0. The highest BCUT2D eigenvalue weighted by Gasteiger charge is 2.33. The molecule has 6 heteroatoms. The van der Waals surface area contributed by atoms with Crippen LogP contribution in [0, 0.1) is 13.8 Å². The van der Waals surface area contributed by atoms with Gasteiger partial charge in [-0.25, -0.2) is 0 Å². The van der Waals surface area contributed by atoms with Gasteiger partial charge >= 0.3 is 0 Å². The fourth-order valence-electron chi connectivity index (χ4n) is 3.29. The van der Waals surface area contributed by atoms with Crippen molar-refractivity contribution >= 4 is 17.7 Å². The molecule has 0 saturated carbocycles. The Hall–Kier alpha value is -2.37. The van der Waals surface area contributed by atoms with E-state index in [1.165, 1.54) is 0 Å². The van der Waals surface area contributed by atoms with E-state index in [0.717, 1.165) is 16.7 Å². The summed E-state index contributed by atoms with van der Waals surface area (Å²) < 4.78 is 0. The van der Waals surface area contributed by atoms with Gasteiger partial charge in [-0.3, -0.25) is 14.4 Å². The van der Waals surface area contributed by atoms with Crippen molar-refractivity contribution in [2.75, 3.05) is 26.2 Å². The average molecular weight is 329 g/mol. The molecule has 1 aromatic carbocycles. The van der Waals surface area contributed by atoms with E-state index < -0.39 is 6.04 Å². The molecule has 2 saturated heterocycles. The number of piperazine rings is 1. The number of carbonyl (C=O) groups is 3. The first-order chi connectivity index (χ1) is 11.5. The van der Waals surface area contributed by atoms with E-state index in [1.807, 2.05) is 32.0 Å². The van der Waals surface area contributed by atoms with E-state index >= 15 is 0 Å². The summed E-state index contributed by atoms with van der Waals surface area (Å²) in [6.45, 7) is 6.00. The molecule has 3 rings (SSSR count). The molecule has 0 spiro atoms. The van der Waals surface area contributed by atoms with Crippen molar-refractivity contribution in [2.45, 2.75) is 32.7 Å². The van der Waals surface area contributed by atoms with E-state index in [1.54, 1.807) is 9.80 Å². The number of aryl methyl sites for hydroxylation is 2. The second-order valence-corrected chi connectivity index (χ2v) is 6.59. The van der Waals surface area contributed by atoms with Gasteiger partial charge in [0, 0.05) is 38.2 Å². The van der Waals surface area contributed by atoms with Crippen LogP contribution in [0.4, 0.5) is 0 Å². The average Bonchev–Trinajstić information content (AvgIpc) is 3.02. The van der Waals surface area contributed by atoms with E-state index in [9.17, 15) is 14.4 Å². The standard InChI is InChI=1S/C18H23N3O3/c1-12-3-4-13(2)14(11-12)17(23)20-7-9-21(10-8-20)18(24)15-5-6-16(22)19-15/h3-4,11,15H,5-10H2,1-2H3,(H,19,22). The fourth-order valence-corrected chi connectivity index (χ4v) is 3.29. The topological polar surface area (TPSA) is 69.7 Å². The van der Waals surface area contributed by atoms with E-state index in [-0.39, 0.29) is 17.7 Å². The van der Waals surface area contributed by atoms with Crippen LogP contribution in [0.25, 0.3) is 0 Å². The van der Waals surface area contributed by atoms with Crippen molar-refractivity contribution in [1.82, 2.24) is 15.1 Å². The molecule has 128 valence electrons. The lowest BCUT2D eigenvalue weighted by Crippen LogP contribution is -2.54. The van der Waals surface area contributed by atoms with E-state index in [4.69, 9.17) is 0 Å². The Morgan fingerprint density at radius 2 is 1.75 bits per heavy atom. The molecule has 1 N–H and O–H groups in total. The lowest BCUT2D eigenvalue weighted by atomic mass is 10.0. The van der Waals surface area contributed by atoms with Gasteiger partial charge in [0.05, 0.1) is 0 Å². The quantitative estimate of drug-likeness (QED) is 0.875. The molecule has 0 aromatic heterocycles. The first kappa shape index (κ1) is 16.5. The number of amides is 3. The van der Waals surface area contributed by atoms with Gasteiger partial charge in [0.25, 0.3) is 5.91 Å². The molecule has 1 atom stereocenters. The Bertz CT molecular complexity index is 678. The largest absolute Gasteiger partial charge is 0.344 e. The summed E-state index contributed by atoms with van der Waals surface area (Å²) in [5.74, 6) is -0.0609. The SMILES string of the molecule is Cc1ccc(C)c(C(=O)N2CCN(C(=O)C3CCC(=O)N3)CC2)c1. The Morgan fingerprint density at radius 1 is 1.08 bits per heavy atom. The molecule has 24 heavy (non-hydrogen) atoms.